The summed E-state index contributed by atoms with van der Waals surface area (Å²) >= 11 is 7.01. The summed E-state index contributed by atoms with van der Waals surface area (Å²) in [6.07, 6.45) is 2.06. The van der Waals surface area contributed by atoms with Crippen LogP contribution in [0.5, 0.6) is 0 Å². The van der Waals surface area contributed by atoms with Gasteiger partial charge < -0.3 is 4.74 Å². The molecule has 0 radical (unpaired) electrons. The minimum absolute atomic E-state index is 0.0506. The summed E-state index contributed by atoms with van der Waals surface area (Å²) in [4.78, 5) is 24.2. The highest BCUT2D eigenvalue weighted by atomic mass is 35.5. The first-order valence-corrected chi connectivity index (χ1v) is 7.30. The van der Waals surface area contributed by atoms with Crippen LogP contribution in [0.25, 0.3) is 0 Å². The van der Waals surface area contributed by atoms with Crippen LogP contribution in [0.2, 0.25) is 0 Å². The van der Waals surface area contributed by atoms with E-state index in [0.29, 0.717) is 17.7 Å². The molecule has 0 aliphatic heterocycles. The van der Waals surface area contributed by atoms with Gasteiger partial charge in [0.05, 0.1) is 18.1 Å². The van der Waals surface area contributed by atoms with E-state index in [0.717, 1.165) is 4.90 Å². The van der Waals surface area contributed by atoms with Crippen LogP contribution in [0.4, 0.5) is 0 Å². The Hall–Kier alpha value is -1.00. The highest BCUT2D eigenvalue weighted by Crippen LogP contribution is 2.25. The van der Waals surface area contributed by atoms with E-state index in [1.54, 1.807) is 19.1 Å². The Morgan fingerprint density at radius 3 is 2.67 bits per heavy atom. The first-order chi connectivity index (χ1) is 8.63. The van der Waals surface area contributed by atoms with Gasteiger partial charge in [-0.1, -0.05) is 6.07 Å². The molecule has 0 N–H and O–H groups in total. The van der Waals surface area contributed by atoms with Crippen molar-refractivity contribution in [2.24, 2.45) is 0 Å². The van der Waals surface area contributed by atoms with Gasteiger partial charge in [0, 0.05) is 11.3 Å². The van der Waals surface area contributed by atoms with Crippen LogP contribution < -0.4 is 0 Å². The maximum Gasteiger partial charge on any atom is 0.338 e. The van der Waals surface area contributed by atoms with E-state index >= 15 is 0 Å². The van der Waals surface area contributed by atoms with Crippen molar-refractivity contribution in [3.05, 3.63) is 29.3 Å². The second-order valence-corrected chi connectivity index (χ2v) is 4.67. The Morgan fingerprint density at radius 2 is 2.11 bits per heavy atom. The van der Waals surface area contributed by atoms with Gasteiger partial charge in [-0.15, -0.1) is 23.4 Å². The number of halogens is 1. The van der Waals surface area contributed by atoms with Crippen LogP contribution in [-0.4, -0.2) is 30.5 Å². The lowest BCUT2D eigenvalue weighted by atomic mass is 10.0. The highest BCUT2D eigenvalue weighted by Gasteiger charge is 2.17. The Morgan fingerprint density at radius 1 is 1.39 bits per heavy atom. The first-order valence-electron chi connectivity index (χ1n) is 5.54. The summed E-state index contributed by atoms with van der Waals surface area (Å²) in [7, 11) is 0. The molecule has 0 saturated carbocycles. The molecule has 0 spiro atoms. The molecule has 18 heavy (non-hydrogen) atoms. The summed E-state index contributed by atoms with van der Waals surface area (Å²) < 4.78 is 4.99. The summed E-state index contributed by atoms with van der Waals surface area (Å²) in [5.41, 5.74) is 1.15. The van der Waals surface area contributed by atoms with Crippen molar-refractivity contribution >= 4 is 35.1 Å². The third kappa shape index (κ3) is 3.75. The number of thioether (sulfide) groups is 1. The minimum atomic E-state index is -0.397. The Bertz CT molecular complexity index is 446. The standard InChI is InChI=1S/C13H15ClO3S/c1-3-17-13(16)10-5-4-6-12(18-2)11(10)7-9(15)8-14/h4-6H,3,7-8H2,1-2H3. The molecule has 3 nitrogen and oxygen atoms in total. The number of benzene rings is 1. The van der Waals surface area contributed by atoms with E-state index in [-0.39, 0.29) is 18.1 Å². The molecular weight excluding hydrogens is 272 g/mol. The molecule has 1 rings (SSSR count). The molecule has 0 aliphatic rings. The maximum absolute atomic E-state index is 11.8. The fourth-order valence-electron chi connectivity index (χ4n) is 1.58. The molecule has 0 fully saturated rings. The third-order valence-corrected chi connectivity index (χ3v) is 3.49. The Labute approximate surface area is 116 Å². The third-order valence-electron chi connectivity index (χ3n) is 2.37. The molecule has 0 bridgehead atoms. The number of esters is 1. The van der Waals surface area contributed by atoms with Gasteiger partial charge in [-0.2, -0.15) is 0 Å². The van der Waals surface area contributed by atoms with Crippen LogP contribution in [0.3, 0.4) is 0 Å². The normalized spacial score (nSPS) is 10.2. The van der Waals surface area contributed by atoms with Gasteiger partial charge in [-0.05, 0) is 30.9 Å². The lowest BCUT2D eigenvalue weighted by Crippen LogP contribution is -2.13. The molecule has 0 atom stereocenters. The van der Waals surface area contributed by atoms with E-state index < -0.39 is 5.97 Å². The molecule has 0 saturated heterocycles. The van der Waals surface area contributed by atoms with Crippen molar-refractivity contribution < 1.29 is 14.3 Å². The van der Waals surface area contributed by atoms with Crippen molar-refractivity contribution in [1.29, 1.82) is 0 Å². The largest absolute Gasteiger partial charge is 0.462 e. The Balaban J connectivity index is 3.15. The number of carbonyl (C=O) groups excluding carboxylic acids is 2. The molecule has 1 aromatic carbocycles. The predicted molar refractivity (Wildman–Crippen MR) is 73.6 cm³/mol. The SMILES string of the molecule is CCOC(=O)c1cccc(SC)c1CC(=O)CCl. The summed E-state index contributed by atoms with van der Waals surface area (Å²) in [6, 6.07) is 5.34. The van der Waals surface area contributed by atoms with Gasteiger partial charge in [0.2, 0.25) is 0 Å². The smallest absolute Gasteiger partial charge is 0.338 e. The van der Waals surface area contributed by atoms with E-state index in [1.807, 2.05) is 12.3 Å². The molecule has 0 aromatic heterocycles. The van der Waals surface area contributed by atoms with Gasteiger partial charge in [0.25, 0.3) is 0 Å². The van der Waals surface area contributed by atoms with Crippen molar-refractivity contribution in [3.63, 3.8) is 0 Å². The number of Topliss-reactive ketones (excluding diaryl/α,β-unsaturated/α-hetero) is 1. The minimum Gasteiger partial charge on any atom is -0.462 e. The van der Waals surface area contributed by atoms with Gasteiger partial charge in [0.15, 0.2) is 5.78 Å². The van der Waals surface area contributed by atoms with Gasteiger partial charge in [0.1, 0.15) is 0 Å². The highest BCUT2D eigenvalue weighted by molar-refractivity contribution is 7.98. The fraction of sp³-hybridized carbons (Fsp3) is 0.385. The first kappa shape index (κ1) is 15.1. The lowest BCUT2D eigenvalue weighted by molar-refractivity contribution is -0.116. The molecular formula is C13H15ClO3S. The van der Waals surface area contributed by atoms with Crippen LogP contribution in [0.15, 0.2) is 23.1 Å². The van der Waals surface area contributed by atoms with Gasteiger partial charge in [-0.25, -0.2) is 4.79 Å². The lowest BCUT2D eigenvalue weighted by Gasteiger charge is -2.11. The van der Waals surface area contributed by atoms with Crippen LogP contribution in [0, 0.1) is 0 Å². The average molecular weight is 287 g/mol. The number of hydrogen-bond acceptors (Lipinski definition) is 4. The maximum atomic E-state index is 11.8. The number of ether oxygens (including phenoxy) is 1. The molecule has 0 amide bonds. The van der Waals surface area contributed by atoms with Crippen molar-refractivity contribution in [2.75, 3.05) is 18.7 Å². The monoisotopic (exact) mass is 286 g/mol. The molecule has 98 valence electrons. The second kappa shape index (κ2) is 7.44. The quantitative estimate of drug-likeness (QED) is 0.458. The summed E-state index contributed by atoms with van der Waals surface area (Å²) in [6.45, 7) is 2.06. The van der Waals surface area contributed by atoms with E-state index in [1.165, 1.54) is 11.8 Å². The topological polar surface area (TPSA) is 43.4 Å². The zero-order valence-corrected chi connectivity index (χ0v) is 11.9. The predicted octanol–water partition coefficient (Wildman–Crippen LogP) is 2.94. The average Bonchev–Trinajstić information content (AvgIpc) is 2.38. The fourth-order valence-corrected chi connectivity index (χ4v) is 2.32. The van der Waals surface area contributed by atoms with Crippen molar-refractivity contribution in [3.8, 4) is 0 Å². The molecule has 0 aliphatic carbocycles. The number of carbonyl (C=O) groups is 2. The zero-order valence-electron chi connectivity index (χ0n) is 10.4. The van der Waals surface area contributed by atoms with Gasteiger partial charge in [-0.3, -0.25) is 4.79 Å². The molecule has 5 heteroatoms. The van der Waals surface area contributed by atoms with E-state index in [2.05, 4.69) is 0 Å². The van der Waals surface area contributed by atoms with E-state index in [4.69, 9.17) is 16.3 Å². The molecule has 1 aromatic rings. The second-order valence-electron chi connectivity index (χ2n) is 3.56. The molecule has 0 heterocycles. The van der Waals surface area contributed by atoms with E-state index in [9.17, 15) is 9.59 Å². The molecule has 0 unspecified atom stereocenters. The summed E-state index contributed by atoms with van der Waals surface area (Å²) in [5.74, 6) is -0.556. The van der Waals surface area contributed by atoms with Crippen LogP contribution >= 0.6 is 23.4 Å². The number of alkyl halides is 1. The number of rotatable bonds is 6. The number of ketones is 1. The zero-order chi connectivity index (χ0) is 13.5. The van der Waals surface area contributed by atoms with Crippen molar-refractivity contribution in [1.82, 2.24) is 0 Å². The van der Waals surface area contributed by atoms with Gasteiger partial charge >= 0.3 is 5.97 Å². The Kier molecular flexibility index (Phi) is 6.22. The van der Waals surface area contributed by atoms with Crippen molar-refractivity contribution in [2.45, 2.75) is 18.2 Å². The number of hydrogen-bond donors (Lipinski definition) is 0. The summed E-state index contributed by atoms with van der Waals surface area (Å²) in [5, 5.41) is 0. The van der Waals surface area contributed by atoms with Crippen LogP contribution in [0.1, 0.15) is 22.8 Å². The van der Waals surface area contributed by atoms with Crippen LogP contribution in [-0.2, 0) is 16.0 Å².